The van der Waals surface area contributed by atoms with Gasteiger partial charge in [0.05, 0.1) is 11.1 Å². The van der Waals surface area contributed by atoms with Gasteiger partial charge in [-0.25, -0.2) is 0 Å². The van der Waals surface area contributed by atoms with Crippen LogP contribution in [0.4, 0.5) is 5.69 Å². The third kappa shape index (κ3) is 5.19. The molecular weight excluding hydrogens is 302 g/mol. The van der Waals surface area contributed by atoms with Crippen LogP contribution >= 0.6 is 0 Å². The van der Waals surface area contributed by atoms with Crippen LogP contribution in [0.15, 0.2) is 42.7 Å². The summed E-state index contributed by atoms with van der Waals surface area (Å²) in [6, 6.07) is 9.10. The van der Waals surface area contributed by atoms with Crippen molar-refractivity contribution in [1.82, 2.24) is 10.3 Å². The third-order valence-electron chi connectivity index (χ3n) is 3.55. The number of anilines is 1. The predicted octanol–water partition coefficient (Wildman–Crippen LogP) is 3.42. The number of nitrogens with zero attached hydrogens (tertiary/aromatic N) is 1. The van der Waals surface area contributed by atoms with Crippen molar-refractivity contribution in [3.05, 3.63) is 59.4 Å². The molecule has 2 rings (SSSR count). The number of rotatable bonds is 6. The summed E-state index contributed by atoms with van der Waals surface area (Å²) in [5.74, 6) is 0.0214. The van der Waals surface area contributed by atoms with Crippen molar-refractivity contribution in [2.75, 3.05) is 11.9 Å². The molecule has 0 atom stereocenters. The Bertz CT molecular complexity index is 726. The molecule has 2 aromatic rings. The molecule has 5 nitrogen and oxygen atoms in total. The summed E-state index contributed by atoms with van der Waals surface area (Å²) < 4.78 is 0. The first-order valence-corrected chi connectivity index (χ1v) is 8.07. The number of pyridine rings is 1. The second-order valence-electron chi connectivity index (χ2n) is 6.22. The third-order valence-corrected chi connectivity index (χ3v) is 3.55. The summed E-state index contributed by atoms with van der Waals surface area (Å²) in [5.41, 5.74) is 2.51. The van der Waals surface area contributed by atoms with Crippen LogP contribution in [0.2, 0.25) is 0 Å². The molecule has 0 saturated carbocycles. The van der Waals surface area contributed by atoms with E-state index in [2.05, 4.69) is 29.5 Å². The molecule has 1 aromatic heterocycles. The fraction of sp³-hybridized carbons (Fsp3) is 0.316. The average Bonchev–Trinajstić information content (AvgIpc) is 2.54. The standard InChI is InChI=1S/C19H23N3O2/c1-13(2)7-8-21-18(23)15-10-16(12-20-11-15)19(24)22-17-6-4-5-14(3)9-17/h4-6,9-13H,7-8H2,1-3H3,(H,21,23)(H,22,24). The Kier molecular flexibility index (Phi) is 6.07. The van der Waals surface area contributed by atoms with Crippen molar-refractivity contribution < 1.29 is 9.59 Å². The zero-order valence-electron chi connectivity index (χ0n) is 14.3. The van der Waals surface area contributed by atoms with E-state index in [1.54, 1.807) is 6.07 Å². The zero-order chi connectivity index (χ0) is 17.5. The molecule has 5 heteroatoms. The number of aromatic nitrogens is 1. The van der Waals surface area contributed by atoms with Crippen LogP contribution in [0.5, 0.6) is 0 Å². The van der Waals surface area contributed by atoms with Crippen molar-refractivity contribution in [2.45, 2.75) is 27.2 Å². The van der Waals surface area contributed by atoms with Gasteiger partial charge < -0.3 is 10.6 Å². The highest BCUT2D eigenvalue weighted by atomic mass is 16.2. The maximum atomic E-state index is 12.3. The lowest BCUT2D eigenvalue weighted by Gasteiger charge is -2.09. The van der Waals surface area contributed by atoms with Gasteiger partial charge in [-0.05, 0) is 43.0 Å². The lowest BCUT2D eigenvalue weighted by molar-refractivity contribution is 0.0951. The maximum absolute atomic E-state index is 12.3. The van der Waals surface area contributed by atoms with Gasteiger partial charge in [0.25, 0.3) is 11.8 Å². The van der Waals surface area contributed by atoms with Crippen molar-refractivity contribution in [2.24, 2.45) is 5.92 Å². The summed E-state index contributed by atoms with van der Waals surface area (Å²) >= 11 is 0. The number of hydrogen-bond donors (Lipinski definition) is 2. The minimum Gasteiger partial charge on any atom is -0.352 e. The zero-order valence-corrected chi connectivity index (χ0v) is 14.3. The second-order valence-corrected chi connectivity index (χ2v) is 6.22. The average molecular weight is 325 g/mol. The first-order valence-electron chi connectivity index (χ1n) is 8.07. The van der Waals surface area contributed by atoms with Gasteiger partial charge >= 0.3 is 0 Å². The molecule has 126 valence electrons. The number of carbonyl (C=O) groups is 2. The monoisotopic (exact) mass is 325 g/mol. The van der Waals surface area contributed by atoms with Crippen LogP contribution in [0.1, 0.15) is 46.5 Å². The summed E-state index contributed by atoms with van der Waals surface area (Å²) in [5, 5.41) is 5.66. The minimum absolute atomic E-state index is 0.214. The maximum Gasteiger partial charge on any atom is 0.257 e. The number of amides is 2. The molecule has 0 fully saturated rings. The lowest BCUT2D eigenvalue weighted by atomic mass is 10.1. The Morgan fingerprint density at radius 2 is 1.79 bits per heavy atom. The summed E-state index contributed by atoms with van der Waals surface area (Å²) in [6.07, 6.45) is 3.83. The van der Waals surface area contributed by atoms with Gasteiger partial charge in [-0.15, -0.1) is 0 Å². The lowest BCUT2D eigenvalue weighted by Crippen LogP contribution is -2.26. The Labute approximate surface area is 142 Å². The van der Waals surface area contributed by atoms with Gasteiger partial charge in [0.15, 0.2) is 0 Å². The minimum atomic E-state index is -0.287. The van der Waals surface area contributed by atoms with Gasteiger partial charge in [0.1, 0.15) is 0 Å². The molecule has 0 spiro atoms. The molecule has 0 saturated heterocycles. The van der Waals surface area contributed by atoms with E-state index in [0.29, 0.717) is 29.3 Å². The Balaban J connectivity index is 2.03. The smallest absolute Gasteiger partial charge is 0.257 e. The molecule has 0 aliphatic carbocycles. The number of nitrogens with one attached hydrogen (secondary N) is 2. The Morgan fingerprint density at radius 3 is 2.46 bits per heavy atom. The van der Waals surface area contributed by atoms with Gasteiger partial charge in [0.2, 0.25) is 0 Å². The number of aryl methyl sites for hydroxylation is 1. The van der Waals surface area contributed by atoms with Crippen LogP contribution in [0, 0.1) is 12.8 Å². The van der Waals surface area contributed by atoms with Crippen LogP contribution < -0.4 is 10.6 Å². The normalized spacial score (nSPS) is 10.5. The fourth-order valence-corrected chi connectivity index (χ4v) is 2.19. The van der Waals surface area contributed by atoms with Crippen LogP contribution in [-0.4, -0.2) is 23.3 Å². The molecule has 2 N–H and O–H groups in total. The van der Waals surface area contributed by atoms with E-state index in [1.165, 1.54) is 12.4 Å². The quantitative estimate of drug-likeness (QED) is 0.855. The molecular formula is C19H23N3O2. The molecule has 0 aliphatic rings. The van der Waals surface area contributed by atoms with E-state index < -0.39 is 0 Å². The van der Waals surface area contributed by atoms with Gasteiger partial charge in [-0.3, -0.25) is 14.6 Å². The molecule has 2 amide bonds. The highest BCUT2D eigenvalue weighted by Crippen LogP contribution is 2.12. The molecule has 0 bridgehead atoms. The van der Waals surface area contributed by atoms with E-state index in [-0.39, 0.29) is 11.8 Å². The van der Waals surface area contributed by atoms with Crippen molar-refractivity contribution in [3.63, 3.8) is 0 Å². The fourth-order valence-electron chi connectivity index (χ4n) is 2.19. The molecule has 0 aliphatic heterocycles. The molecule has 0 radical (unpaired) electrons. The van der Waals surface area contributed by atoms with E-state index >= 15 is 0 Å². The molecule has 1 heterocycles. The summed E-state index contributed by atoms with van der Waals surface area (Å²) in [4.78, 5) is 28.4. The predicted molar refractivity (Wildman–Crippen MR) is 95.2 cm³/mol. The van der Waals surface area contributed by atoms with E-state index in [1.807, 2.05) is 31.2 Å². The van der Waals surface area contributed by atoms with Crippen molar-refractivity contribution in [3.8, 4) is 0 Å². The highest BCUT2D eigenvalue weighted by molar-refractivity contribution is 6.05. The van der Waals surface area contributed by atoms with Gasteiger partial charge in [-0.1, -0.05) is 26.0 Å². The van der Waals surface area contributed by atoms with Gasteiger partial charge in [0, 0.05) is 24.6 Å². The molecule has 0 unspecified atom stereocenters. The molecule has 24 heavy (non-hydrogen) atoms. The van der Waals surface area contributed by atoms with Crippen molar-refractivity contribution >= 4 is 17.5 Å². The van der Waals surface area contributed by atoms with Crippen molar-refractivity contribution in [1.29, 1.82) is 0 Å². The number of benzene rings is 1. The van der Waals surface area contributed by atoms with Crippen LogP contribution in [-0.2, 0) is 0 Å². The second kappa shape index (κ2) is 8.24. The van der Waals surface area contributed by atoms with E-state index in [0.717, 1.165) is 12.0 Å². The number of hydrogen-bond acceptors (Lipinski definition) is 3. The first kappa shape index (κ1) is 17.7. The van der Waals surface area contributed by atoms with Crippen LogP contribution in [0.3, 0.4) is 0 Å². The van der Waals surface area contributed by atoms with Gasteiger partial charge in [-0.2, -0.15) is 0 Å². The van der Waals surface area contributed by atoms with Crippen LogP contribution in [0.25, 0.3) is 0 Å². The Morgan fingerprint density at radius 1 is 1.08 bits per heavy atom. The molecule has 1 aromatic carbocycles. The first-order chi connectivity index (χ1) is 11.5. The van der Waals surface area contributed by atoms with E-state index in [9.17, 15) is 9.59 Å². The Hall–Kier alpha value is -2.69. The van der Waals surface area contributed by atoms with E-state index in [4.69, 9.17) is 0 Å². The summed E-state index contributed by atoms with van der Waals surface area (Å²) in [7, 11) is 0. The SMILES string of the molecule is Cc1cccc(NC(=O)c2cncc(C(=O)NCCC(C)C)c2)c1. The largest absolute Gasteiger partial charge is 0.352 e. The highest BCUT2D eigenvalue weighted by Gasteiger charge is 2.11. The number of carbonyl (C=O) groups excluding carboxylic acids is 2. The summed E-state index contributed by atoms with van der Waals surface area (Å²) in [6.45, 7) is 6.77. The topological polar surface area (TPSA) is 71.1 Å².